The Morgan fingerprint density at radius 2 is 1.95 bits per heavy atom. The first kappa shape index (κ1) is 15.9. The van der Waals surface area contributed by atoms with Gasteiger partial charge in [0.1, 0.15) is 5.75 Å². The molecular weight excluding hydrogens is 250 g/mol. The second-order valence-electron chi connectivity index (χ2n) is 4.26. The Morgan fingerprint density at radius 3 is 2.55 bits per heavy atom. The normalized spacial score (nSPS) is 9.55. The van der Waals surface area contributed by atoms with Crippen LogP contribution in [0.25, 0.3) is 0 Å². The molecular formula is C17H21NO2. The van der Waals surface area contributed by atoms with Crippen molar-refractivity contribution in [2.24, 2.45) is 0 Å². The lowest BCUT2D eigenvalue weighted by atomic mass is 10.0. The van der Waals surface area contributed by atoms with E-state index < -0.39 is 0 Å². The maximum Gasteiger partial charge on any atom is 0.166 e. The van der Waals surface area contributed by atoms with Crippen LogP contribution in [0.5, 0.6) is 5.75 Å². The van der Waals surface area contributed by atoms with Crippen LogP contribution in [-0.4, -0.2) is 15.9 Å². The zero-order chi connectivity index (χ0) is 15.0. The molecule has 0 radical (unpaired) electrons. The number of benzene rings is 1. The second-order valence-corrected chi connectivity index (χ2v) is 4.26. The lowest BCUT2D eigenvalue weighted by molar-refractivity contribution is 0.0980. The van der Waals surface area contributed by atoms with Crippen molar-refractivity contribution in [3.05, 3.63) is 59.4 Å². The van der Waals surface area contributed by atoms with Crippen molar-refractivity contribution in [3.8, 4) is 5.75 Å². The Balaban J connectivity index is 0.000000956. The fraction of sp³-hybridized carbons (Fsp3) is 0.294. The van der Waals surface area contributed by atoms with Crippen molar-refractivity contribution in [1.82, 2.24) is 4.98 Å². The number of carbonyl (C=O) groups is 1. The first-order chi connectivity index (χ1) is 9.66. The lowest BCUT2D eigenvalue weighted by Crippen LogP contribution is -2.02. The Hall–Kier alpha value is -2.16. The van der Waals surface area contributed by atoms with Crippen molar-refractivity contribution in [2.45, 2.75) is 33.6 Å². The summed E-state index contributed by atoms with van der Waals surface area (Å²) in [6.45, 7) is 5.88. The third-order valence-corrected chi connectivity index (χ3v) is 2.79. The molecule has 0 saturated heterocycles. The molecule has 0 amide bonds. The van der Waals surface area contributed by atoms with Gasteiger partial charge in [-0.15, -0.1) is 0 Å². The molecule has 0 aliphatic rings. The summed E-state index contributed by atoms with van der Waals surface area (Å²) >= 11 is 0. The van der Waals surface area contributed by atoms with E-state index in [9.17, 15) is 9.90 Å². The third-order valence-electron chi connectivity index (χ3n) is 2.79. The predicted molar refractivity (Wildman–Crippen MR) is 81.1 cm³/mol. The fourth-order valence-electron chi connectivity index (χ4n) is 1.80. The number of ketones is 1. The number of phenols is 1. The number of Topliss-reactive ketones (excluding diaryl/α,β-unsaturated/α-hetero) is 1. The summed E-state index contributed by atoms with van der Waals surface area (Å²) in [6.07, 6.45) is 2.66. The van der Waals surface area contributed by atoms with Gasteiger partial charge in [-0.05, 0) is 43.2 Å². The van der Waals surface area contributed by atoms with Gasteiger partial charge < -0.3 is 5.11 Å². The minimum atomic E-state index is -0.0573. The maximum atomic E-state index is 12.0. The number of pyridine rings is 1. The molecule has 0 aliphatic heterocycles. The number of carbonyl (C=O) groups excluding carboxylic acids is 1. The van der Waals surface area contributed by atoms with Gasteiger partial charge in [0.25, 0.3) is 0 Å². The van der Waals surface area contributed by atoms with Crippen LogP contribution >= 0.6 is 0 Å². The van der Waals surface area contributed by atoms with Crippen molar-refractivity contribution in [2.75, 3.05) is 0 Å². The molecule has 2 rings (SSSR count). The average Bonchev–Trinajstić information content (AvgIpc) is 2.48. The van der Waals surface area contributed by atoms with Crippen molar-refractivity contribution >= 4 is 5.78 Å². The molecule has 106 valence electrons. The zero-order valence-electron chi connectivity index (χ0n) is 12.3. The lowest BCUT2D eigenvalue weighted by Gasteiger charge is -2.04. The van der Waals surface area contributed by atoms with Gasteiger partial charge in [-0.1, -0.05) is 26.0 Å². The van der Waals surface area contributed by atoms with Crippen LogP contribution in [0.3, 0.4) is 0 Å². The van der Waals surface area contributed by atoms with Gasteiger partial charge in [-0.3, -0.25) is 9.78 Å². The molecule has 1 aromatic heterocycles. The molecule has 1 aromatic carbocycles. The number of aromatic hydroxyl groups is 1. The van der Waals surface area contributed by atoms with Crippen molar-refractivity contribution in [3.63, 3.8) is 0 Å². The first-order valence-corrected chi connectivity index (χ1v) is 6.89. The quantitative estimate of drug-likeness (QED) is 0.857. The number of aromatic nitrogens is 1. The predicted octanol–water partition coefficient (Wildman–Crippen LogP) is 3.94. The Kier molecular flexibility index (Phi) is 6.44. The van der Waals surface area contributed by atoms with E-state index in [1.54, 1.807) is 18.3 Å². The first-order valence-electron chi connectivity index (χ1n) is 6.89. The molecule has 3 nitrogen and oxygen atoms in total. The monoisotopic (exact) mass is 271 g/mol. The zero-order valence-corrected chi connectivity index (χ0v) is 12.3. The molecule has 3 heteroatoms. The highest BCUT2D eigenvalue weighted by atomic mass is 16.3. The fourth-order valence-corrected chi connectivity index (χ4v) is 1.80. The van der Waals surface area contributed by atoms with Crippen LogP contribution in [0.4, 0.5) is 0 Å². The minimum Gasteiger partial charge on any atom is -0.507 e. The van der Waals surface area contributed by atoms with Crippen LogP contribution in [0.1, 0.15) is 41.9 Å². The van der Waals surface area contributed by atoms with Gasteiger partial charge in [-0.25, -0.2) is 0 Å². The summed E-state index contributed by atoms with van der Waals surface area (Å²) < 4.78 is 0. The van der Waals surface area contributed by atoms with E-state index in [2.05, 4.69) is 4.98 Å². The largest absolute Gasteiger partial charge is 0.507 e. The summed E-state index contributed by atoms with van der Waals surface area (Å²) in [5.41, 5.74) is 2.21. The van der Waals surface area contributed by atoms with E-state index in [1.165, 1.54) is 0 Å². The van der Waals surface area contributed by atoms with Gasteiger partial charge in [0.05, 0.1) is 5.56 Å². The summed E-state index contributed by atoms with van der Waals surface area (Å²) in [5, 5.41) is 9.72. The Labute approximate surface area is 120 Å². The van der Waals surface area contributed by atoms with Crippen LogP contribution in [-0.2, 0) is 6.42 Å². The summed E-state index contributed by atoms with van der Waals surface area (Å²) in [4.78, 5) is 16.1. The topological polar surface area (TPSA) is 50.2 Å². The molecule has 2 aromatic rings. The summed E-state index contributed by atoms with van der Waals surface area (Å²) in [5.74, 6) is -0.000765. The maximum absolute atomic E-state index is 12.0. The number of rotatable bonds is 4. The van der Waals surface area contributed by atoms with Crippen LogP contribution in [0.15, 0.2) is 42.6 Å². The molecule has 0 spiro atoms. The Bertz CT molecular complexity index is 550. The highest BCUT2D eigenvalue weighted by Crippen LogP contribution is 2.20. The molecule has 1 N–H and O–H groups in total. The Morgan fingerprint density at radius 1 is 1.20 bits per heavy atom. The molecule has 0 unspecified atom stereocenters. The van der Waals surface area contributed by atoms with E-state index in [4.69, 9.17) is 0 Å². The molecule has 0 atom stereocenters. The SMILES string of the molecule is CC.Cc1ccc(C(=O)CCc2ccccn2)c(O)c1. The van der Waals surface area contributed by atoms with Crippen molar-refractivity contribution < 1.29 is 9.90 Å². The number of hydrogen-bond acceptors (Lipinski definition) is 3. The molecule has 0 saturated carbocycles. The molecule has 1 heterocycles. The number of phenolic OH excluding ortho intramolecular Hbond substituents is 1. The second kappa shape index (κ2) is 8.10. The molecule has 0 fully saturated rings. The van der Waals surface area contributed by atoms with Crippen LogP contribution < -0.4 is 0 Å². The minimum absolute atomic E-state index is 0.0565. The summed E-state index contributed by atoms with van der Waals surface area (Å²) in [7, 11) is 0. The standard InChI is InChI=1S/C15H15NO2.C2H6/c1-11-5-7-13(15(18)10-11)14(17)8-6-12-4-2-3-9-16-12;1-2/h2-5,7,9-10,18H,6,8H2,1H3;1-2H3. The van der Waals surface area contributed by atoms with Crippen LogP contribution in [0.2, 0.25) is 0 Å². The number of aryl methyl sites for hydroxylation is 2. The highest BCUT2D eigenvalue weighted by Gasteiger charge is 2.11. The van der Waals surface area contributed by atoms with Gasteiger partial charge >= 0.3 is 0 Å². The number of hydrogen-bond donors (Lipinski definition) is 1. The van der Waals surface area contributed by atoms with E-state index in [0.29, 0.717) is 18.4 Å². The van der Waals surface area contributed by atoms with E-state index >= 15 is 0 Å². The average molecular weight is 271 g/mol. The molecule has 0 bridgehead atoms. The van der Waals surface area contributed by atoms with E-state index in [-0.39, 0.29) is 11.5 Å². The molecule has 20 heavy (non-hydrogen) atoms. The van der Waals surface area contributed by atoms with Gasteiger partial charge in [0.15, 0.2) is 5.78 Å². The van der Waals surface area contributed by atoms with Gasteiger partial charge in [-0.2, -0.15) is 0 Å². The van der Waals surface area contributed by atoms with Crippen molar-refractivity contribution in [1.29, 1.82) is 0 Å². The smallest absolute Gasteiger partial charge is 0.166 e. The number of nitrogens with zero attached hydrogens (tertiary/aromatic N) is 1. The van der Waals surface area contributed by atoms with Crippen LogP contribution in [0, 0.1) is 6.92 Å². The highest BCUT2D eigenvalue weighted by molar-refractivity contribution is 5.98. The summed E-state index contributed by atoms with van der Waals surface area (Å²) in [6, 6.07) is 10.7. The van der Waals surface area contributed by atoms with Gasteiger partial charge in [0.2, 0.25) is 0 Å². The third kappa shape index (κ3) is 4.50. The van der Waals surface area contributed by atoms with Gasteiger partial charge in [0, 0.05) is 18.3 Å². The molecule has 0 aliphatic carbocycles. The van der Waals surface area contributed by atoms with E-state index in [1.807, 2.05) is 45.0 Å². The van der Waals surface area contributed by atoms with E-state index in [0.717, 1.165) is 11.3 Å².